The number of nitrogens with one attached hydrogen (secondary N) is 1. The second kappa shape index (κ2) is 7.11. The summed E-state index contributed by atoms with van der Waals surface area (Å²) >= 11 is 12.3. The molecule has 7 heteroatoms. The highest BCUT2D eigenvalue weighted by Crippen LogP contribution is 2.40. The number of halogens is 2. The first-order valence-corrected chi connectivity index (χ1v) is 5.98. The zero-order valence-electron chi connectivity index (χ0n) is 10.5. The lowest BCUT2D eigenvalue weighted by atomic mass is 10.2. The molecule has 0 bridgehead atoms. The number of benzene rings is 1. The molecular weight excluding hydrogens is 291 g/mol. The van der Waals surface area contributed by atoms with E-state index in [1.807, 2.05) is 0 Å². The van der Waals surface area contributed by atoms with Gasteiger partial charge < -0.3 is 25.4 Å². The highest BCUT2D eigenvalue weighted by Gasteiger charge is 2.17. The lowest BCUT2D eigenvalue weighted by molar-refractivity contribution is 0.217. The molecule has 0 aliphatic heterocycles. The predicted molar refractivity (Wildman–Crippen MR) is 75.4 cm³/mol. The summed E-state index contributed by atoms with van der Waals surface area (Å²) in [5.74, 6) is 1.05. The van der Waals surface area contributed by atoms with Gasteiger partial charge in [0, 0.05) is 17.8 Å². The molecule has 1 aromatic carbocycles. The van der Waals surface area contributed by atoms with E-state index in [0.717, 1.165) is 6.21 Å². The summed E-state index contributed by atoms with van der Waals surface area (Å²) in [5, 5.41) is 7.73. The Labute approximate surface area is 121 Å². The third kappa shape index (κ3) is 3.45. The Morgan fingerprint density at radius 3 is 2.16 bits per heavy atom. The van der Waals surface area contributed by atoms with Gasteiger partial charge in [-0.1, -0.05) is 23.2 Å². The van der Waals surface area contributed by atoms with Crippen LogP contribution in [-0.2, 0) is 11.3 Å². The average molecular weight is 305 g/mol. The van der Waals surface area contributed by atoms with Crippen molar-refractivity contribution in [2.75, 3.05) is 14.2 Å². The standard InChI is InChI=1S/C12H14Cl2N2O3/c1-17-9-3-10(18-2)12(14)8(11(9)13)6-19-7(4-15)5-16/h3-5,15H,6,16H2,1-2H3/b7-5+,15-4?. The van der Waals surface area contributed by atoms with Crippen LogP contribution >= 0.6 is 23.2 Å². The van der Waals surface area contributed by atoms with Crippen LogP contribution in [0.2, 0.25) is 10.0 Å². The summed E-state index contributed by atoms with van der Waals surface area (Å²) in [4.78, 5) is 0. The van der Waals surface area contributed by atoms with Crippen molar-refractivity contribution in [3.05, 3.63) is 33.6 Å². The molecule has 0 saturated heterocycles. The lowest BCUT2D eigenvalue weighted by Gasteiger charge is -2.15. The molecule has 0 spiro atoms. The topological polar surface area (TPSA) is 77.6 Å². The lowest BCUT2D eigenvalue weighted by Crippen LogP contribution is -2.01. The van der Waals surface area contributed by atoms with Crippen LogP contribution in [0.5, 0.6) is 11.5 Å². The molecule has 19 heavy (non-hydrogen) atoms. The molecule has 0 heterocycles. The monoisotopic (exact) mass is 304 g/mol. The Balaban J connectivity index is 3.14. The van der Waals surface area contributed by atoms with E-state index in [4.69, 9.17) is 48.6 Å². The van der Waals surface area contributed by atoms with Crippen molar-refractivity contribution in [3.8, 4) is 11.5 Å². The third-order valence-corrected chi connectivity index (χ3v) is 3.18. The van der Waals surface area contributed by atoms with Crippen molar-refractivity contribution < 1.29 is 14.2 Å². The number of ether oxygens (including phenoxy) is 3. The molecule has 0 amide bonds. The van der Waals surface area contributed by atoms with Crippen LogP contribution in [0, 0.1) is 5.41 Å². The van der Waals surface area contributed by atoms with Gasteiger partial charge in [0.05, 0.1) is 30.5 Å². The van der Waals surface area contributed by atoms with E-state index >= 15 is 0 Å². The van der Waals surface area contributed by atoms with Crippen molar-refractivity contribution >= 4 is 29.4 Å². The van der Waals surface area contributed by atoms with Crippen LogP contribution in [0.3, 0.4) is 0 Å². The first-order valence-electron chi connectivity index (χ1n) is 5.23. The van der Waals surface area contributed by atoms with Gasteiger partial charge in [-0.2, -0.15) is 0 Å². The van der Waals surface area contributed by atoms with Crippen LogP contribution in [0.25, 0.3) is 0 Å². The van der Waals surface area contributed by atoms with Crippen molar-refractivity contribution in [3.63, 3.8) is 0 Å². The predicted octanol–water partition coefficient (Wildman–Crippen LogP) is 2.98. The first kappa shape index (κ1) is 15.5. The van der Waals surface area contributed by atoms with Crippen molar-refractivity contribution in [1.82, 2.24) is 0 Å². The Morgan fingerprint density at radius 1 is 1.26 bits per heavy atom. The quantitative estimate of drug-likeness (QED) is 0.625. The van der Waals surface area contributed by atoms with E-state index in [-0.39, 0.29) is 12.4 Å². The zero-order valence-corrected chi connectivity index (χ0v) is 12.0. The van der Waals surface area contributed by atoms with Crippen LogP contribution in [0.4, 0.5) is 0 Å². The van der Waals surface area contributed by atoms with Crippen molar-refractivity contribution in [2.45, 2.75) is 6.61 Å². The largest absolute Gasteiger partial charge is 0.495 e. The molecule has 0 atom stereocenters. The second-order valence-electron chi connectivity index (χ2n) is 3.39. The van der Waals surface area contributed by atoms with E-state index in [1.165, 1.54) is 20.4 Å². The number of nitrogens with two attached hydrogens (primary N) is 1. The number of hydrogen-bond acceptors (Lipinski definition) is 5. The van der Waals surface area contributed by atoms with E-state index in [2.05, 4.69) is 0 Å². The summed E-state index contributed by atoms with van der Waals surface area (Å²) in [6, 6.07) is 1.59. The summed E-state index contributed by atoms with van der Waals surface area (Å²) in [6.07, 6.45) is 2.16. The van der Waals surface area contributed by atoms with Crippen LogP contribution in [0.1, 0.15) is 5.56 Å². The maximum absolute atomic E-state index is 7.08. The number of hydrogen-bond donors (Lipinski definition) is 2. The van der Waals surface area contributed by atoms with Gasteiger partial charge in [0.1, 0.15) is 18.1 Å². The molecule has 0 aromatic heterocycles. The fourth-order valence-corrected chi connectivity index (χ4v) is 1.97. The Kier molecular flexibility index (Phi) is 5.79. The van der Waals surface area contributed by atoms with Gasteiger partial charge in [0.25, 0.3) is 0 Å². The highest BCUT2D eigenvalue weighted by molar-refractivity contribution is 6.37. The van der Waals surface area contributed by atoms with E-state index < -0.39 is 0 Å². The van der Waals surface area contributed by atoms with E-state index in [0.29, 0.717) is 27.1 Å². The fourth-order valence-electron chi connectivity index (χ4n) is 1.36. The van der Waals surface area contributed by atoms with Crippen molar-refractivity contribution in [1.29, 1.82) is 5.41 Å². The van der Waals surface area contributed by atoms with Crippen LogP contribution < -0.4 is 15.2 Å². The molecule has 0 aliphatic carbocycles. The normalized spacial score (nSPS) is 11.1. The molecule has 5 nitrogen and oxygen atoms in total. The first-order chi connectivity index (χ1) is 9.08. The van der Waals surface area contributed by atoms with Gasteiger partial charge >= 0.3 is 0 Å². The smallest absolute Gasteiger partial charge is 0.152 e. The van der Waals surface area contributed by atoms with Gasteiger partial charge in [0.2, 0.25) is 0 Å². The SMILES string of the molecule is COc1cc(OC)c(Cl)c(CO/C(C=N)=C/N)c1Cl. The van der Waals surface area contributed by atoms with Gasteiger partial charge in [-0.25, -0.2) is 0 Å². The summed E-state index contributed by atoms with van der Waals surface area (Å²) in [6.45, 7) is 0.0453. The minimum atomic E-state index is 0.0453. The molecule has 104 valence electrons. The van der Waals surface area contributed by atoms with Crippen LogP contribution in [0.15, 0.2) is 18.0 Å². The molecule has 0 saturated carbocycles. The maximum atomic E-state index is 7.08. The summed E-state index contributed by atoms with van der Waals surface area (Å²) in [7, 11) is 2.98. The van der Waals surface area contributed by atoms with Gasteiger partial charge in [0.15, 0.2) is 5.76 Å². The molecule has 0 unspecified atom stereocenters. The number of methoxy groups -OCH3 is 2. The molecule has 1 aromatic rings. The number of rotatable bonds is 6. The Bertz CT molecular complexity index is 476. The molecule has 0 radical (unpaired) electrons. The van der Waals surface area contributed by atoms with Crippen LogP contribution in [-0.4, -0.2) is 20.4 Å². The minimum absolute atomic E-state index is 0.0453. The van der Waals surface area contributed by atoms with E-state index in [9.17, 15) is 0 Å². The second-order valence-corrected chi connectivity index (χ2v) is 4.15. The highest BCUT2D eigenvalue weighted by atomic mass is 35.5. The molecular formula is C12H14Cl2N2O3. The third-order valence-electron chi connectivity index (χ3n) is 2.35. The number of allylic oxidation sites excluding steroid dienone is 1. The van der Waals surface area contributed by atoms with E-state index in [1.54, 1.807) is 6.07 Å². The summed E-state index contributed by atoms with van der Waals surface area (Å²) < 4.78 is 15.6. The molecule has 1 rings (SSSR count). The average Bonchev–Trinajstić information content (AvgIpc) is 2.43. The van der Waals surface area contributed by atoms with Gasteiger partial charge in [-0.05, 0) is 0 Å². The zero-order chi connectivity index (χ0) is 14.4. The molecule has 3 N–H and O–H groups in total. The maximum Gasteiger partial charge on any atom is 0.152 e. The molecule has 0 fully saturated rings. The summed E-state index contributed by atoms with van der Waals surface area (Å²) in [5.41, 5.74) is 5.78. The van der Waals surface area contributed by atoms with Gasteiger partial charge in [-0.3, -0.25) is 0 Å². The fraction of sp³-hybridized carbons (Fsp3) is 0.250. The van der Waals surface area contributed by atoms with Gasteiger partial charge in [-0.15, -0.1) is 0 Å². The molecule has 0 aliphatic rings. The van der Waals surface area contributed by atoms with Crippen molar-refractivity contribution in [2.24, 2.45) is 5.73 Å². The Morgan fingerprint density at radius 2 is 1.79 bits per heavy atom. The minimum Gasteiger partial charge on any atom is -0.495 e. The Hall–Kier alpha value is -1.59.